The van der Waals surface area contributed by atoms with E-state index in [9.17, 15) is 19.8 Å². The number of fused-ring (bicyclic) bond motifs is 1. The summed E-state index contributed by atoms with van der Waals surface area (Å²) < 4.78 is 4.21. The van der Waals surface area contributed by atoms with Crippen molar-refractivity contribution in [3.8, 4) is 5.75 Å². The van der Waals surface area contributed by atoms with Crippen molar-refractivity contribution in [1.82, 2.24) is 24.0 Å². The van der Waals surface area contributed by atoms with Crippen LogP contribution in [0.5, 0.6) is 5.75 Å². The Bertz CT molecular complexity index is 1140. The Hall–Kier alpha value is -2.91. The minimum Gasteiger partial charge on any atom is -0.508 e. The molecule has 156 valence electrons. The lowest BCUT2D eigenvalue weighted by atomic mass is 10.1. The number of aliphatic hydroxyl groups is 1. The third-order valence-corrected chi connectivity index (χ3v) is 5.29. The molecule has 1 aromatic carbocycles. The Kier molecular flexibility index (Phi) is 5.90. The van der Waals surface area contributed by atoms with Crippen LogP contribution in [0.25, 0.3) is 11.2 Å². The zero-order valence-corrected chi connectivity index (χ0v) is 17.1. The van der Waals surface area contributed by atoms with Crippen molar-refractivity contribution in [3.63, 3.8) is 0 Å². The summed E-state index contributed by atoms with van der Waals surface area (Å²) in [6, 6.07) is 5.13. The van der Waals surface area contributed by atoms with Crippen LogP contribution in [0.4, 0.5) is 0 Å². The van der Waals surface area contributed by atoms with Crippen LogP contribution in [-0.2, 0) is 20.6 Å². The number of nitrogens with zero attached hydrogens (tertiary/aromatic N) is 4. The Morgan fingerprint density at radius 3 is 2.62 bits per heavy atom. The van der Waals surface area contributed by atoms with Crippen LogP contribution in [0.2, 0.25) is 0 Å². The van der Waals surface area contributed by atoms with Gasteiger partial charge in [0.2, 0.25) is 0 Å². The molecule has 9 heteroatoms. The number of aliphatic hydroxyl groups excluding tert-OH is 1. The number of phenols is 1. The van der Waals surface area contributed by atoms with Crippen molar-refractivity contribution >= 4 is 11.2 Å². The highest BCUT2D eigenvalue weighted by Crippen LogP contribution is 2.21. The number of imidazole rings is 1. The molecule has 2 atom stereocenters. The maximum atomic E-state index is 12.5. The van der Waals surface area contributed by atoms with E-state index >= 15 is 0 Å². The van der Waals surface area contributed by atoms with Gasteiger partial charge < -0.3 is 20.1 Å². The maximum Gasteiger partial charge on any atom is 0.332 e. The normalized spacial score (nSPS) is 13.7. The van der Waals surface area contributed by atoms with Gasteiger partial charge in [0.05, 0.1) is 12.4 Å². The van der Waals surface area contributed by atoms with E-state index in [4.69, 9.17) is 0 Å². The zero-order valence-electron chi connectivity index (χ0n) is 17.1. The smallest absolute Gasteiger partial charge is 0.332 e. The molecule has 0 amide bonds. The van der Waals surface area contributed by atoms with Gasteiger partial charge in [0.25, 0.3) is 5.56 Å². The number of aromatic hydroxyl groups is 1. The number of aryl methyl sites for hydroxylation is 3. The number of phenolic OH excluding ortho intramolecular Hbond substituents is 1. The van der Waals surface area contributed by atoms with Gasteiger partial charge >= 0.3 is 5.69 Å². The molecule has 0 aliphatic rings. The maximum absolute atomic E-state index is 12.5. The van der Waals surface area contributed by atoms with Crippen molar-refractivity contribution in [2.75, 3.05) is 6.54 Å². The van der Waals surface area contributed by atoms with Crippen LogP contribution in [0.15, 0.2) is 34.1 Å². The van der Waals surface area contributed by atoms with Gasteiger partial charge in [-0.15, -0.1) is 0 Å². The topological polar surface area (TPSA) is 114 Å². The molecule has 0 bridgehead atoms. The SMILES string of the molecule is Cc1cc([C@@H](O)CN[C@H](C)CCn2cnc3c2c(=O)n(C)c(=O)n3C)ccc1O. The minimum atomic E-state index is -0.687. The van der Waals surface area contributed by atoms with Gasteiger partial charge in [0, 0.05) is 33.2 Å². The van der Waals surface area contributed by atoms with E-state index in [0.717, 1.165) is 15.7 Å². The van der Waals surface area contributed by atoms with E-state index in [1.807, 2.05) is 6.92 Å². The second-order valence-corrected chi connectivity index (χ2v) is 7.48. The first-order valence-corrected chi connectivity index (χ1v) is 9.52. The van der Waals surface area contributed by atoms with Crippen molar-refractivity contribution in [2.24, 2.45) is 14.1 Å². The summed E-state index contributed by atoms with van der Waals surface area (Å²) in [5, 5.41) is 23.3. The average molecular weight is 401 g/mol. The van der Waals surface area contributed by atoms with Gasteiger partial charge in [0.1, 0.15) is 5.75 Å². The first kappa shape index (κ1) is 20.8. The van der Waals surface area contributed by atoms with Crippen molar-refractivity contribution in [3.05, 3.63) is 56.5 Å². The third-order valence-electron chi connectivity index (χ3n) is 5.29. The second-order valence-electron chi connectivity index (χ2n) is 7.48. The number of hydrogen-bond donors (Lipinski definition) is 3. The molecule has 0 unspecified atom stereocenters. The predicted octanol–water partition coefficient (Wildman–Crippen LogP) is 0.550. The number of nitrogens with one attached hydrogen (secondary N) is 1. The van der Waals surface area contributed by atoms with Gasteiger partial charge in [-0.25, -0.2) is 9.78 Å². The van der Waals surface area contributed by atoms with E-state index in [1.165, 1.54) is 11.6 Å². The standard InChI is InChI=1S/C20H27N5O4/c1-12-9-14(5-6-15(12)26)16(27)10-21-13(2)7-8-25-11-22-18-17(25)19(28)24(4)20(29)23(18)3/h5-6,9,11,13,16,21,26-27H,7-8,10H2,1-4H3/t13-,16+/m1/s1. The van der Waals surface area contributed by atoms with Crippen molar-refractivity contribution < 1.29 is 10.2 Å². The lowest BCUT2D eigenvalue weighted by Crippen LogP contribution is -2.37. The van der Waals surface area contributed by atoms with Crippen LogP contribution in [-0.4, -0.2) is 41.5 Å². The van der Waals surface area contributed by atoms with E-state index in [0.29, 0.717) is 30.7 Å². The van der Waals surface area contributed by atoms with E-state index in [1.54, 1.807) is 43.1 Å². The number of hydrogen-bond acceptors (Lipinski definition) is 6. The fourth-order valence-electron chi connectivity index (χ4n) is 3.32. The summed E-state index contributed by atoms with van der Waals surface area (Å²) in [5.74, 6) is 0.207. The summed E-state index contributed by atoms with van der Waals surface area (Å²) in [6.45, 7) is 4.71. The van der Waals surface area contributed by atoms with Gasteiger partial charge in [-0.05, 0) is 43.5 Å². The molecule has 2 heterocycles. The Morgan fingerprint density at radius 2 is 1.93 bits per heavy atom. The molecule has 2 aromatic heterocycles. The van der Waals surface area contributed by atoms with E-state index < -0.39 is 11.8 Å². The highest BCUT2D eigenvalue weighted by atomic mass is 16.3. The van der Waals surface area contributed by atoms with Gasteiger partial charge in [0.15, 0.2) is 11.2 Å². The Labute approximate surface area is 167 Å². The van der Waals surface area contributed by atoms with E-state index in [2.05, 4.69) is 10.3 Å². The Morgan fingerprint density at radius 1 is 1.21 bits per heavy atom. The molecule has 9 nitrogen and oxygen atoms in total. The van der Waals surface area contributed by atoms with Gasteiger partial charge in [-0.2, -0.15) is 0 Å². The third kappa shape index (κ3) is 4.10. The molecule has 0 spiro atoms. The molecule has 0 saturated carbocycles. The summed E-state index contributed by atoms with van der Waals surface area (Å²) in [7, 11) is 3.05. The number of aromatic nitrogens is 4. The quantitative estimate of drug-likeness (QED) is 0.533. The van der Waals surface area contributed by atoms with E-state index in [-0.39, 0.29) is 17.4 Å². The molecule has 0 saturated heterocycles. The molecule has 3 aromatic rings. The summed E-state index contributed by atoms with van der Waals surface area (Å²) >= 11 is 0. The molecule has 3 rings (SSSR count). The lowest BCUT2D eigenvalue weighted by molar-refractivity contribution is 0.169. The number of benzene rings is 1. The van der Waals surface area contributed by atoms with Gasteiger partial charge in [-0.3, -0.25) is 13.9 Å². The molecule has 0 aliphatic carbocycles. The first-order valence-electron chi connectivity index (χ1n) is 9.52. The monoisotopic (exact) mass is 401 g/mol. The first-order chi connectivity index (χ1) is 13.7. The fraction of sp³-hybridized carbons (Fsp3) is 0.450. The van der Waals surface area contributed by atoms with Crippen LogP contribution < -0.4 is 16.6 Å². The van der Waals surface area contributed by atoms with Crippen LogP contribution in [0.1, 0.15) is 30.6 Å². The van der Waals surface area contributed by atoms with Crippen LogP contribution in [0, 0.1) is 6.92 Å². The zero-order chi connectivity index (χ0) is 21.3. The van der Waals surface area contributed by atoms with Gasteiger partial charge in [-0.1, -0.05) is 6.07 Å². The molecule has 0 radical (unpaired) electrons. The molecule has 29 heavy (non-hydrogen) atoms. The Balaban J connectivity index is 1.64. The van der Waals surface area contributed by atoms with Crippen LogP contribution in [0.3, 0.4) is 0 Å². The summed E-state index contributed by atoms with van der Waals surface area (Å²) in [4.78, 5) is 28.7. The highest BCUT2D eigenvalue weighted by Gasteiger charge is 2.15. The molecule has 0 aliphatic heterocycles. The highest BCUT2D eigenvalue weighted by molar-refractivity contribution is 5.69. The summed E-state index contributed by atoms with van der Waals surface area (Å²) in [5.41, 5.74) is 1.47. The number of rotatable bonds is 7. The largest absolute Gasteiger partial charge is 0.508 e. The molecule has 3 N–H and O–H groups in total. The van der Waals surface area contributed by atoms with Crippen LogP contribution >= 0.6 is 0 Å². The molecule has 0 fully saturated rings. The summed E-state index contributed by atoms with van der Waals surface area (Å²) in [6.07, 6.45) is 1.60. The average Bonchev–Trinajstić information content (AvgIpc) is 3.13. The fourth-order valence-corrected chi connectivity index (χ4v) is 3.32. The lowest BCUT2D eigenvalue weighted by Gasteiger charge is -2.18. The van der Waals surface area contributed by atoms with Crippen molar-refractivity contribution in [2.45, 2.75) is 39.0 Å². The molecular formula is C20H27N5O4. The molecular weight excluding hydrogens is 374 g/mol. The van der Waals surface area contributed by atoms with Crippen molar-refractivity contribution in [1.29, 1.82) is 0 Å². The predicted molar refractivity (Wildman–Crippen MR) is 110 cm³/mol. The second kappa shape index (κ2) is 8.22. The minimum absolute atomic E-state index is 0.0803.